The highest BCUT2D eigenvalue weighted by Crippen LogP contribution is 2.26. The van der Waals surface area contributed by atoms with Crippen molar-refractivity contribution in [3.8, 4) is 0 Å². The van der Waals surface area contributed by atoms with E-state index in [1.165, 1.54) is 0 Å². The summed E-state index contributed by atoms with van der Waals surface area (Å²) < 4.78 is 0. The van der Waals surface area contributed by atoms with Gasteiger partial charge in [-0.05, 0) is 30.7 Å². The maximum atomic E-state index is 10.4. The summed E-state index contributed by atoms with van der Waals surface area (Å²) in [6.45, 7) is 1.87. The molecule has 0 aliphatic heterocycles. The van der Waals surface area contributed by atoms with Gasteiger partial charge in [-0.3, -0.25) is 0 Å². The second-order valence-electron chi connectivity index (χ2n) is 4.64. The van der Waals surface area contributed by atoms with Crippen LogP contribution in [0.4, 0.5) is 0 Å². The minimum atomic E-state index is -0.764. The molecule has 3 nitrogen and oxygen atoms in total. The van der Waals surface area contributed by atoms with Crippen LogP contribution in [0.3, 0.4) is 0 Å². The summed E-state index contributed by atoms with van der Waals surface area (Å²) in [7, 11) is 0. The molecule has 0 amide bonds. The first-order chi connectivity index (χ1) is 9.18. The zero-order valence-electron chi connectivity index (χ0n) is 11.0. The zero-order valence-corrected chi connectivity index (χ0v) is 11.8. The summed E-state index contributed by atoms with van der Waals surface area (Å²) in [5.41, 5.74) is 1.23. The fourth-order valence-electron chi connectivity index (χ4n) is 1.79. The van der Waals surface area contributed by atoms with Crippen LogP contribution in [0.1, 0.15) is 24.6 Å². The Morgan fingerprint density at radius 3 is 2.68 bits per heavy atom. The number of hydrogen-bond acceptors (Lipinski definition) is 4. The average Bonchev–Trinajstić information content (AvgIpc) is 2.46. The number of nitrogens with zero attached hydrogens (tertiary/aromatic N) is 2. The molecular formula is C15H18N2OS. The summed E-state index contributed by atoms with van der Waals surface area (Å²) in [4.78, 5) is 8.07. The number of thioether (sulfide) groups is 1. The predicted octanol–water partition coefficient (Wildman–Crippen LogP) is 3.01. The predicted molar refractivity (Wildman–Crippen MR) is 78.8 cm³/mol. The van der Waals surface area contributed by atoms with Gasteiger partial charge in [-0.15, -0.1) is 0 Å². The van der Waals surface area contributed by atoms with Crippen molar-refractivity contribution in [3.63, 3.8) is 0 Å². The Morgan fingerprint density at radius 2 is 2.00 bits per heavy atom. The Bertz CT molecular complexity index is 488. The van der Waals surface area contributed by atoms with E-state index in [-0.39, 0.29) is 0 Å². The van der Waals surface area contributed by atoms with Crippen LogP contribution in [-0.4, -0.2) is 20.8 Å². The minimum absolute atomic E-state index is 0.729. The molecule has 0 bridgehead atoms. The van der Waals surface area contributed by atoms with Crippen molar-refractivity contribution >= 4 is 11.8 Å². The molecule has 1 atom stereocenters. The fourth-order valence-corrected chi connectivity index (χ4v) is 2.86. The van der Waals surface area contributed by atoms with Crippen molar-refractivity contribution in [2.24, 2.45) is 0 Å². The van der Waals surface area contributed by atoms with Gasteiger partial charge in [-0.25, -0.2) is 9.97 Å². The Morgan fingerprint density at radius 1 is 1.21 bits per heavy atom. The molecular weight excluding hydrogens is 256 g/mol. The van der Waals surface area contributed by atoms with Gasteiger partial charge in [0, 0.05) is 11.9 Å². The standard InChI is InChI=1S/C15H18N2OS/c1-15(18,13-5-3-2-4-6-13)8-10-19-11-14-7-9-16-12-17-14/h2-7,9,12,18H,8,10-11H2,1H3. The van der Waals surface area contributed by atoms with Gasteiger partial charge >= 0.3 is 0 Å². The van der Waals surface area contributed by atoms with Gasteiger partial charge in [0.15, 0.2) is 0 Å². The highest BCUT2D eigenvalue weighted by Gasteiger charge is 2.21. The van der Waals surface area contributed by atoms with Gasteiger partial charge in [-0.1, -0.05) is 30.3 Å². The van der Waals surface area contributed by atoms with Gasteiger partial charge < -0.3 is 5.11 Å². The molecule has 19 heavy (non-hydrogen) atoms. The van der Waals surface area contributed by atoms with E-state index < -0.39 is 5.60 Å². The number of hydrogen-bond donors (Lipinski definition) is 1. The van der Waals surface area contributed by atoms with Gasteiger partial charge in [0.2, 0.25) is 0 Å². The lowest BCUT2D eigenvalue weighted by molar-refractivity contribution is 0.0544. The van der Waals surface area contributed by atoms with Crippen LogP contribution in [0.2, 0.25) is 0 Å². The van der Waals surface area contributed by atoms with Crippen molar-refractivity contribution in [3.05, 3.63) is 60.2 Å². The van der Waals surface area contributed by atoms with Gasteiger partial charge in [0.05, 0.1) is 11.3 Å². The van der Waals surface area contributed by atoms with Crippen molar-refractivity contribution in [2.75, 3.05) is 5.75 Å². The van der Waals surface area contributed by atoms with Crippen LogP contribution in [0.15, 0.2) is 48.9 Å². The Hall–Kier alpha value is -1.39. The summed E-state index contributed by atoms with van der Waals surface area (Å²) in [5, 5.41) is 10.4. The normalized spacial score (nSPS) is 14.0. The second-order valence-corrected chi connectivity index (χ2v) is 5.75. The van der Waals surface area contributed by atoms with E-state index in [0.29, 0.717) is 0 Å². The highest BCUT2D eigenvalue weighted by molar-refractivity contribution is 7.98. The summed E-state index contributed by atoms with van der Waals surface area (Å²) in [6.07, 6.45) is 4.05. The van der Waals surface area contributed by atoms with Crippen LogP contribution < -0.4 is 0 Å². The van der Waals surface area contributed by atoms with Gasteiger partial charge in [0.1, 0.15) is 6.33 Å². The molecule has 0 radical (unpaired) electrons. The summed E-state index contributed by atoms with van der Waals surface area (Å²) >= 11 is 1.78. The minimum Gasteiger partial charge on any atom is -0.385 e. The third-order valence-corrected chi connectivity index (χ3v) is 4.01. The van der Waals surface area contributed by atoms with E-state index in [4.69, 9.17) is 0 Å². The first-order valence-corrected chi connectivity index (χ1v) is 7.44. The SMILES string of the molecule is CC(O)(CCSCc1ccncn1)c1ccccc1. The summed E-state index contributed by atoms with van der Waals surface area (Å²) in [6, 6.07) is 11.7. The third-order valence-electron chi connectivity index (χ3n) is 3.02. The largest absolute Gasteiger partial charge is 0.385 e. The quantitative estimate of drug-likeness (QED) is 0.823. The van der Waals surface area contributed by atoms with Crippen LogP contribution in [0.25, 0.3) is 0 Å². The lowest BCUT2D eigenvalue weighted by atomic mass is 9.94. The van der Waals surface area contributed by atoms with Crippen molar-refractivity contribution in [1.29, 1.82) is 0 Å². The molecule has 1 aromatic heterocycles. The smallest absolute Gasteiger partial charge is 0.115 e. The van der Waals surface area contributed by atoms with Gasteiger partial charge in [-0.2, -0.15) is 11.8 Å². The molecule has 1 N–H and O–H groups in total. The van der Waals surface area contributed by atoms with Crippen molar-refractivity contribution in [2.45, 2.75) is 24.7 Å². The topological polar surface area (TPSA) is 46.0 Å². The van der Waals surface area contributed by atoms with Crippen LogP contribution in [0, 0.1) is 0 Å². The third kappa shape index (κ3) is 4.33. The van der Waals surface area contributed by atoms with Crippen LogP contribution in [-0.2, 0) is 11.4 Å². The molecule has 4 heteroatoms. The molecule has 0 aliphatic carbocycles. The molecule has 2 aromatic rings. The monoisotopic (exact) mass is 274 g/mol. The van der Waals surface area contributed by atoms with E-state index in [9.17, 15) is 5.11 Å². The Labute approximate surface area is 118 Å². The van der Waals surface area contributed by atoms with E-state index in [1.807, 2.05) is 43.3 Å². The van der Waals surface area contributed by atoms with Crippen molar-refractivity contribution in [1.82, 2.24) is 9.97 Å². The molecule has 1 unspecified atom stereocenters. The number of aromatic nitrogens is 2. The molecule has 0 spiro atoms. The highest BCUT2D eigenvalue weighted by atomic mass is 32.2. The zero-order chi connectivity index (χ0) is 13.6. The summed E-state index contributed by atoms with van der Waals surface area (Å²) in [5.74, 6) is 1.75. The van der Waals surface area contributed by atoms with Crippen molar-refractivity contribution < 1.29 is 5.11 Å². The van der Waals surface area contributed by atoms with Gasteiger partial charge in [0.25, 0.3) is 0 Å². The fraction of sp³-hybridized carbons (Fsp3) is 0.333. The first-order valence-electron chi connectivity index (χ1n) is 6.29. The van der Waals surface area contributed by atoms with E-state index >= 15 is 0 Å². The molecule has 100 valence electrons. The van der Waals surface area contributed by atoms with Crippen LogP contribution >= 0.6 is 11.8 Å². The van der Waals surface area contributed by atoms with E-state index in [0.717, 1.165) is 29.2 Å². The molecule has 0 saturated carbocycles. The Balaban J connectivity index is 1.79. The number of rotatable bonds is 6. The average molecular weight is 274 g/mol. The Kier molecular flexibility index (Phi) is 4.93. The molecule has 0 saturated heterocycles. The molecule has 1 aromatic carbocycles. The first kappa shape index (κ1) is 14.0. The number of benzene rings is 1. The van der Waals surface area contributed by atoms with E-state index in [1.54, 1.807) is 24.3 Å². The second kappa shape index (κ2) is 6.68. The van der Waals surface area contributed by atoms with Crippen LogP contribution in [0.5, 0.6) is 0 Å². The maximum absolute atomic E-state index is 10.4. The lowest BCUT2D eigenvalue weighted by Gasteiger charge is -2.23. The lowest BCUT2D eigenvalue weighted by Crippen LogP contribution is -2.21. The molecule has 1 heterocycles. The molecule has 0 fully saturated rings. The van der Waals surface area contributed by atoms with E-state index in [2.05, 4.69) is 9.97 Å². The molecule has 2 rings (SSSR count). The number of aliphatic hydroxyl groups is 1. The molecule has 0 aliphatic rings. The maximum Gasteiger partial charge on any atom is 0.115 e.